The Morgan fingerprint density at radius 2 is 2.04 bits per heavy atom. The Hall–Kier alpha value is -1.96. The minimum atomic E-state index is -0.413. The van der Waals surface area contributed by atoms with Gasteiger partial charge in [-0.3, -0.25) is 9.59 Å². The summed E-state index contributed by atoms with van der Waals surface area (Å²) in [6, 6.07) is 0.293. The summed E-state index contributed by atoms with van der Waals surface area (Å²) in [7, 11) is 0. The topological polar surface area (TPSA) is 91.4 Å². The van der Waals surface area contributed by atoms with Crippen LogP contribution in [-0.4, -0.2) is 75.9 Å². The van der Waals surface area contributed by atoms with Crippen LogP contribution in [0.2, 0.25) is 0 Å². The molecule has 8 nitrogen and oxygen atoms in total. The molecule has 0 aliphatic carbocycles. The maximum Gasteiger partial charge on any atom is 0.276 e. The number of amides is 2. The molecule has 8 heteroatoms. The number of rotatable bonds is 2. The van der Waals surface area contributed by atoms with Crippen LogP contribution in [0.5, 0.6) is 0 Å². The highest BCUT2D eigenvalue weighted by atomic mass is 16.5. The molecule has 1 spiro atoms. The molecular weight excluding hydrogens is 322 g/mol. The molecule has 0 radical (unpaired) electrons. The Morgan fingerprint density at radius 3 is 2.76 bits per heavy atom. The number of aromatic amines is 1. The summed E-state index contributed by atoms with van der Waals surface area (Å²) >= 11 is 0. The van der Waals surface area contributed by atoms with E-state index in [-0.39, 0.29) is 11.8 Å². The molecule has 0 bridgehead atoms. The smallest absolute Gasteiger partial charge is 0.276 e. The van der Waals surface area contributed by atoms with Crippen molar-refractivity contribution in [1.29, 1.82) is 0 Å². The molecule has 4 heterocycles. The van der Waals surface area contributed by atoms with E-state index >= 15 is 0 Å². The zero-order valence-electron chi connectivity index (χ0n) is 14.7. The highest BCUT2D eigenvalue weighted by molar-refractivity contribution is 5.94. The molecule has 0 saturated carbocycles. The first-order chi connectivity index (χ1) is 12.1. The second kappa shape index (κ2) is 6.40. The van der Waals surface area contributed by atoms with Crippen molar-refractivity contribution in [3.05, 3.63) is 11.4 Å². The number of nitrogens with zero attached hydrogens (tertiary/aromatic N) is 4. The van der Waals surface area contributed by atoms with Crippen molar-refractivity contribution in [2.24, 2.45) is 5.41 Å². The summed E-state index contributed by atoms with van der Waals surface area (Å²) in [5, 5.41) is 10.4. The van der Waals surface area contributed by atoms with Crippen LogP contribution in [0.15, 0.2) is 0 Å². The zero-order chi connectivity index (χ0) is 17.4. The number of piperidine rings is 1. The summed E-state index contributed by atoms with van der Waals surface area (Å²) < 4.78 is 5.44. The SMILES string of the molecule is Cc1n[nH]nc1C(=O)N1CC[C@@]2(CCCN(C3CCOCC3)C2=O)C1. The van der Waals surface area contributed by atoms with Gasteiger partial charge in [0.15, 0.2) is 5.69 Å². The highest BCUT2D eigenvalue weighted by Gasteiger charge is 2.50. The molecule has 1 aromatic heterocycles. The number of carbonyl (C=O) groups is 2. The van der Waals surface area contributed by atoms with E-state index in [4.69, 9.17) is 4.74 Å². The number of hydrogen-bond donors (Lipinski definition) is 1. The van der Waals surface area contributed by atoms with Gasteiger partial charge < -0.3 is 14.5 Å². The largest absolute Gasteiger partial charge is 0.381 e. The van der Waals surface area contributed by atoms with Crippen molar-refractivity contribution in [3.8, 4) is 0 Å². The molecule has 3 aliphatic rings. The van der Waals surface area contributed by atoms with E-state index in [1.807, 2.05) is 0 Å². The van der Waals surface area contributed by atoms with Crippen molar-refractivity contribution >= 4 is 11.8 Å². The van der Waals surface area contributed by atoms with Crippen LogP contribution in [0, 0.1) is 12.3 Å². The average Bonchev–Trinajstić information content (AvgIpc) is 3.25. The third kappa shape index (κ3) is 2.82. The predicted octanol–water partition coefficient (Wildman–Crippen LogP) is 0.747. The fourth-order valence-electron chi connectivity index (χ4n) is 4.51. The molecule has 3 saturated heterocycles. The van der Waals surface area contributed by atoms with Crippen LogP contribution >= 0.6 is 0 Å². The summed E-state index contributed by atoms with van der Waals surface area (Å²) in [5.41, 5.74) is 0.551. The first-order valence-electron chi connectivity index (χ1n) is 9.16. The molecule has 2 amide bonds. The number of H-pyrrole nitrogens is 1. The number of carbonyl (C=O) groups excluding carboxylic acids is 2. The van der Waals surface area contributed by atoms with E-state index in [1.165, 1.54) is 0 Å². The molecule has 25 heavy (non-hydrogen) atoms. The van der Waals surface area contributed by atoms with Crippen molar-refractivity contribution in [2.75, 3.05) is 32.8 Å². The van der Waals surface area contributed by atoms with Crippen molar-refractivity contribution in [3.63, 3.8) is 0 Å². The quantitative estimate of drug-likeness (QED) is 0.852. The normalized spacial score (nSPS) is 28.1. The lowest BCUT2D eigenvalue weighted by molar-refractivity contribution is -0.150. The summed E-state index contributed by atoms with van der Waals surface area (Å²) in [4.78, 5) is 29.8. The Bertz CT molecular complexity index is 669. The molecule has 0 aromatic carbocycles. The molecule has 3 aliphatic heterocycles. The van der Waals surface area contributed by atoms with Crippen LogP contribution in [0.25, 0.3) is 0 Å². The number of nitrogens with one attached hydrogen (secondary N) is 1. The van der Waals surface area contributed by atoms with Crippen molar-refractivity contribution in [1.82, 2.24) is 25.2 Å². The Balaban J connectivity index is 1.49. The van der Waals surface area contributed by atoms with Crippen molar-refractivity contribution < 1.29 is 14.3 Å². The molecule has 3 fully saturated rings. The summed E-state index contributed by atoms with van der Waals surface area (Å²) in [5.74, 6) is 0.108. The van der Waals surface area contributed by atoms with Crippen LogP contribution in [0.1, 0.15) is 48.3 Å². The molecular formula is C17H25N5O3. The third-order valence-corrected chi connectivity index (χ3v) is 5.97. The first kappa shape index (κ1) is 16.5. The Morgan fingerprint density at radius 1 is 1.24 bits per heavy atom. The maximum atomic E-state index is 13.3. The highest BCUT2D eigenvalue weighted by Crippen LogP contribution is 2.41. The van der Waals surface area contributed by atoms with Crippen LogP contribution in [0.4, 0.5) is 0 Å². The fourth-order valence-corrected chi connectivity index (χ4v) is 4.51. The number of aromatic nitrogens is 3. The molecule has 136 valence electrons. The van der Waals surface area contributed by atoms with Gasteiger partial charge in [0.05, 0.1) is 11.1 Å². The standard InChI is InChI=1S/C17H25N5O3/c1-12-14(19-20-18-12)15(23)21-8-6-17(11-21)5-2-7-22(16(17)24)13-3-9-25-10-4-13/h13H,2-11H2,1H3,(H,18,19,20)/t17-/m0/s1. The molecule has 1 N–H and O–H groups in total. The molecule has 1 atom stereocenters. The van der Waals surface area contributed by atoms with Gasteiger partial charge >= 0.3 is 0 Å². The van der Waals surface area contributed by atoms with E-state index in [0.29, 0.717) is 30.5 Å². The summed E-state index contributed by atoms with van der Waals surface area (Å²) in [6.45, 7) is 5.17. The lowest BCUT2D eigenvalue weighted by Gasteiger charge is -2.44. The Kier molecular flexibility index (Phi) is 4.23. The van der Waals surface area contributed by atoms with Gasteiger partial charge in [-0.25, -0.2) is 0 Å². The summed E-state index contributed by atoms with van der Waals surface area (Å²) in [6.07, 6.45) is 4.46. The minimum Gasteiger partial charge on any atom is -0.381 e. The predicted molar refractivity (Wildman–Crippen MR) is 88.9 cm³/mol. The van der Waals surface area contributed by atoms with Gasteiger partial charge in [-0.05, 0) is 39.0 Å². The third-order valence-electron chi connectivity index (χ3n) is 5.97. The Labute approximate surface area is 146 Å². The maximum absolute atomic E-state index is 13.3. The van der Waals surface area contributed by atoms with Gasteiger partial charge in [-0.1, -0.05) is 0 Å². The van der Waals surface area contributed by atoms with E-state index in [9.17, 15) is 9.59 Å². The molecule has 0 unspecified atom stereocenters. The average molecular weight is 347 g/mol. The zero-order valence-corrected chi connectivity index (χ0v) is 14.7. The van der Waals surface area contributed by atoms with Gasteiger partial charge in [-0.2, -0.15) is 15.4 Å². The number of ether oxygens (including phenoxy) is 1. The van der Waals surface area contributed by atoms with E-state index < -0.39 is 5.41 Å². The fraction of sp³-hybridized carbons (Fsp3) is 0.765. The van der Waals surface area contributed by atoms with Gasteiger partial charge in [0.25, 0.3) is 5.91 Å². The lowest BCUT2D eigenvalue weighted by Crippen LogP contribution is -2.55. The number of aryl methyl sites for hydroxylation is 1. The van der Waals surface area contributed by atoms with Gasteiger partial charge in [0.2, 0.25) is 5.91 Å². The van der Waals surface area contributed by atoms with Gasteiger partial charge in [-0.15, -0.1) is 0 Å². The second-order valence-electron chi connectivity index (χ2n) is 7.46. The number of likely N-dealkylation sites (tertiary alicyclic amines) is 2. The molecule has 1 aromatic rings. The van der Waals surface area contributed by atoms with Crippen molar-refractivity contribution in [2.45, 2.75) is 45.1 Å². The number of hydrogen-bond acceptors (Lipinski definition) is 5. The van der Waals surface area contributed by atoms with E-state index in [1.54, 1.807) is 11.8 Å². The van der Waals surface area contributed by atoms with Crippen LogP contribution in [-0.2, 0) is 9.53 Å². The first-order valence-corrected chi connectivity index (χ1v) is 9.16. The molecule has 4 rings (SSSR count). The monoisotopic (exact) mass is 347 g/mol. The van der Waals surface area contributed by atoms with Gasteiger partial charge in [0.1, 0.15) is 0 Å². The van der Waals surface area contributed by atoms with E-state index in [2.05, 4.69) is 20.3 Å². The van der Waals surface area contributed by atoms with Gasteiger partial charge in [0, 0.05) is 38.9 Å². The lowest BCUT2D eigenvalue weighted by atomic mass is 9.77. The van der Waals surface area contributed by atoms with Crippen LogP contribution in [0.3, 0.4) is 0 Å². The van der Waals surface area contributed by atoms with E-state index in [0.717, 1.165) is 51.9 Å². The van der Waals surface area contributed by atoms with Crippen LogP contribution < -0.4 is 0 Å². The second-order valence-corrected chi connectivity index (χ2v) is 7.46. The minimum absolute atomic E-state index is 0.126.